The van der Waals surface area contributed by atoms with Gasteiger partial charge in [0.05, 0.1) is 6.29 Å². The fraction of sp³-hybridized carbons (Fsp3) is 1.00. The molecule has 0 amide bonds. The van der Waals surface area contributed by atoms with E-state index in [-0.39, 0.29) is 12.3 Å². The Bertz CT molecular complexity index is 119. The Balaban J connectivity index is 3.40. The van der Waals surface area contributed by atoms with E-state index in [2.05, 4.69) is 5.32 Å². The minimum Gasteiger partial charge on any atom is -0.324 e. The Morgan fingerprint density at radius 3 is 2.11 bits per heavy atom. The highest BCUT2D eigenvalue weighted by molar-refractivity contribution is 7.51. The Kier molecular flexibility index (Phi) is 3.36. The molecule has 0 saturated carbocycles. The summed E-state index contributed by atoms with van der Waals surface area (Å²) >= 11 is 0. The van der Waals surface area contributed by atoms with Crippen LogP contribution in [0.25, 0.3) is 0 Å². The molecule has 4 nitrogen and oxygen atoms in total. The molecule has 0 aromatic heterocycles. The third kappa shape index (κ3) is 8.11. The van der Waals surface area contributed by atoms with Crippen molar-refractivity contribution in [2.45, 2.75) is 19.9 Å². The molecule has 0 atom stereocenters. The summed E-state index contributed by atoms with van der Waals surface area (Å²) in [5, 5.41) is 2.62. The van der Waals surface area contributed by atoms with Gasteiger partial charge in [-0.3, -0.25) is 4.57 Å². The Morgan fingerprint density at radius 2 is 2.00 bits per heavy atom. The normalized spacial score (nSPS) is 12.6. The third-order valence-corrected chi connectivity index (χ3v) is 1.30. The zero-order chi connectivity index (χ0) is 7.49. The Hall–Kier alpha value is 0.110. The van der Waals surface area contributed by atoms with Crippen molar-refractivity contribution in [2.75, 3.05) is 6.29 Å². The molecule has 0 aliphatic rings. The van der Waals surface area contributed by atoms with Gasteiger partial charge < -0.3 is 15.1 Å². The van der Waals surface area contributed by atoms with E-state index in [4.69, 9.17) is 9.79 Å². The van der Waals surface area contributed by atoms with Crippen molar-refractivity contribution in [3.63, 3.8) is 0 Å². The summed E-state index contributed by atoms with van der Waals surface area (Å²) in [6, 6.07) is 0.123. The van der Waals surface area contributed by atoms with E-state index in [0.29, 0.717) is 0 Å². The first-order valence-corrected chi connectivity index (χ1v) is 4.49. The fourth-order valence-electron chi connectivity index (χ4n) is 0.301. The summed E-state index contributed by atoms with van der Waals surface area (Å²) < 4.78 is 10.2. The van der Waals surface area contributed by atoms with Crippen LogP contribution >= 0.6 is 7.60 Å². The molecule has 9 heavy (non-hydrogen) atoms. The Morgan fingerprint density at radius 1 is 1.56 bits per heavy atom. The molecule has 0 unspecified atom stereocenters. The Labute approximate surface area is 54.4 Å². The minimum absolute atomic E-state index is 0.123. The predicted molar refractivity (Wildman–Crippen MR) is 35.2 cm³/mol. The molecule has 0 aromatic rings. The zero-order valence-electron chi connectivity index (χ0n) is 5.53. The first kappa shape index (κ1) is 9.11. The monoisotopic (exact) mass is 153 g/mol. The molecule has 0 aromatic carbocycles. The van der Waals surface area contributed by atoms with E-state index < -0.39 is 7.60 Å². The van der Waals surface area contributed by atoms with Gasteiger partial charge in [0, 0.05) is 6.04 Å². The van der Waals surface area contributed by atoms with Crippen molar-refractivity contribution >= 4 is 7.60 Å². The lowest BCUT2D eigenvalue weighted by atomic mass is 10.4. The van der Waals surface area contributed by atoms with Crippen molar-refractivity contribution in [3.05, 3.63) is 0 Å². The molecule has 5 heteroatoms. The minimum atomic E-state index is -3.83. The van der Waals surface area contributed by atoms with Crippen molar-refractivity contribution in [1.82, 2.24) is 5.32 Å². The van der Waals surface area contributed by atoms with Gasteiger partial charge in [-0.25, -0.2) is 0 Å². The van der Waals surface area contributed by atoms with Crippen LogP contribution in [0.3, 0.4) is 0 Å². The van der Waals surface area contributed by atoms with Gasteiger partial charge in [-0.1, -0.05) is 13.8 Å². The van der Waals surface area contributed by atoms with E-state index >= 15 is 0 Å². The summed E-state index contributed by atoms with van der Waals surface area (Å²) in [5.74, 6) is 0. The second kappa shape index (κ2) is 3.32. The van der Waals surface area contributed by atoms with Crippen LogP contribution in [0, 0.1) is 0 Å². The van der Waals surface area contributed by atoms with Gasteiger partial charge in [0.25, 0.3) is 0 Å². The molecular weight excluding hydrogens is 141 g/mol. The van der Waals surface area contributed by atoms with E-state index in [9.17, 15) is 4.57 Å². The van der Waals surface area contributed by atoms with Crippen LogP contribution in [0.15, 0.2) is 0 Å². The molecular formula is C4H12NO3P. The smallest absolute Gasteiger partial charge is 0.324 e. The molecule has 3 N–H and O–H groups in total. The number of rotatable bonds is 3. The van der Waals surface area contributed by atoms with Crippen molar-refractivity contribution in [3.8, 4) is 0 Å². The summed E-state index contributed by atoms with van der Waals surface area (Å²) in [6.45, 7) is 3.66. The van der Waals surface area contributed by atoms with Gasteiger partial charge in [-0.15, -0.1) is 0 Å². The van der Waals surface area contributed by atoms with E-state index in [1.165, 1.54) is 0 Å². The largest absolute Gasteiger partial charge is 0.339 e. The number of nitrogens with one attached hydrogen (secondary N) is 1. The average molecular weight is 153 g/mol. The molecule has 0 aliphatic heterocycles. The van der Waals surface area contributed by atoms with Gasteiger partial charge in [0.15, 0.2) is 0 Å². The highest BCUT2D eigenvalue weighted by atomic mass is 31.2. The van der Waals surface area contributed by atoms with Gasteiger partial charge in [-0.05, 0) is 0 Å². The zero-order valence-corrected chi connectivity index (χ0v) is 6.43. The lowest BCUT2D eigenvalue weighted by Gasteiger charge is -2.07. The second-order valence-corrected chi connectivity index (χ2v) is 3.83. The number of hydrogen-bond acceptors (Lipinski definition) is 2. The summed E-state index contributed by atoms with van der Waals surface area (Å²) in [6.07, 6.45) is -0.231. The molecule has 0 radical (unpaired) electrons. The lowest BCUT2D eigenvalue weighted by Crippen LogP contribution is -2.23. The molecule has 0 rings (SSSR count). The van der Waals surface area contributed by atoms with Gasteiger partial charge in [0.1, 0.15) is 0 Å². The van der Waals surface area contributed by atoms with Crippen LogP contribution in [0.2, 0.25) is 0 Å². The third-order valence-electron chi connectivity index (χ3n) is 0.706. The molecule has 0 saturated heterocycles. The van der Waals surface area contributed by atoms with Crippen molar-refractivity contribution in [2.24, 2.45) is 0 Å². The molecule has 0 heterocycles. The maximum Gasteiger partial charge on any atom is 0.339 e. The van der Waals surface area contributed by atoms with Crippen LogP contribution in [-0.2, 0) is 4.57 Å². The highest BCUT2D eigenvalue weighted by Crippen LogP contribution is 2.31. The maximum absolute atomic E-state index is 10.2. The SMILES string of the molecule is CC(C)NCP(=O)(O)O. The first-order valence-electron chi connectivity index (χ1n) is 2.70. The molecule has 0 aliphatic carbocycles. The number of hydrogen-bond donors (Lipinski definition) is 3. The lowest BCUT2D eigenvalue weighted by molar-refractivity contribution is 0.365. The molecule has 0 spiro atoms. The van der Waals surface area contributed by atoms with Crippen molar-refractivity contribution in [1.29, 1.82) is 0 Å². The van der Waals surface area contributed by atoms with Crippen LogP contribution in [0.4, 0.5) is 0 Å². The van der Waals surface area contributed by atoms with Gasteiger partial charge in [-0.2, -0.15) is 0 Å². The van der Waals surface area contributed by atoms with Crippen LogP contribution in [0.5, 0.6) is 0 Å². The van der Waals surface area contributed by atoms with Gasteiger partial charge >= 0.3 is 7.60 Å². The fourth-order valence-corrected chi connectivity index (χ4v) is 0.904. The van der Waals surface area contributed by atoms with Crippen LogP contribution in [-0.4, -0.2) is 22.1 Å². The van der Waals surface area contributed by atoms with E-state index in [0.717, 1.165) is 0 Å². The van der Waals surface area contributed by atoms with E-state index in [1.807, 2.05) is 13.8 Å². The van der Waals surface area contributed by atoms with Gasteiger partial charge in [0.2, 0.25) is 0 Å². The summed E-state index contributed by atoms with van der Waals surface area (Å²) in [7, 11) is -3.83. The predicted octanol–water partition coefficient (Wildman–Crippen LogP) is 0.120. The summed E-state index contributed by atoms with van der Waals surface area (Å²) in [4.78, 5) is 16.6. The quantitative estimate of drug-likeness (QED) is 0.503. The van der Waals surface area contributed by atoms with Crippen LogP contribution in [0.1, 0.15) is 13.8 Å². The topological polar surface area (TPSA) is 69.6 Å². The van der Waals surface area contributed by atoms with Crippen molar-refractivity contribution < 1.29 is 14.4 Å². The maximum atomic E-state index is 10.2. The standard InChI is InChI=1S/C4H12NO3P/c1-4(2)5-3-9(6,7)8/h4-5H,3H2,1-2H3,(H2,6,7,8). The van der Waals surface area contributed by atoms with E-state index in [1.54, 1.807) is 0 Å². The molecule has 0 bridgehead atoms. The second-order valence-electron chi connectivity index (χ2n) is 2.18. The average Bonchev–Trinajstić information content (AvgIpc) is 1.59. The summed E-state index contributed by atoms with van der Waals surface area (Å²) in [5.41, 5.74) is 0. The first-order chi connectivity index (χ1) is 3.92. The van der Waals surface area contributed by atoms with Crippen LogP contribution < -0.4 is 5.32 Å². The highest BCUT2D eigenvalue weighted by Gasteiger charge is 2.11. The molecule has 56 valence electrons. The molecule has 0 fully saturated rings.